The van der Waals surface area contributed by atoms with Crippen molar-refractivity contribution in [3.05, 3.63) is 41.9 Å². The third-order valence-electron chi connectivity index (χ3n) is 5.63. The molecule has 1 aliphatic heterocycles. The highest BCUT2D eigenvalue weighted by atomic mass is 16.2. The molecule has 1 atom stereocenters. The number of carbonyl (C=O) groups excluding carboxylic acids is 1. The van der Waals surface area contributed by atoms with Gasteiger partial charge in [-0.1, -0.05) is 12.1 Å². The number of carbonyl (C=O) groups is 1. The third-order valence-corrected chi connectivity index (χ3v) is 5.63. The molecule has 140 valence electrons. The Morgan fingerprint density at radius 3 is 2.89 bits per heavy atom. The molecule has 2 N–H and O–H groups in total. The molecule has 7 nitrogen and oxygen atoms in total. The van der Waals surface area contributed by atoms with Crippen molar-refractivity contribution in [2.45, 2.75) is 37.5 Å². The van der Waals surface area contributed by atoms with E-state index in [4.69, 9.17) is 4.98 Å². The fourth-order valence-electron chi connectivity index (χ4n) is 3.92. The Balaban J connectivity index is 1.29. The minimum Gasteiger partial charge on any atom is -0.342 e. The number of likely N-dealkylation sites (tertiary alicyclic amines) is 1. The number of fused-ring (bicyclic) bond motifs is 1. The number of hydrogen-bond acceptors (Lipinski definition) is 3. The molecule has 1 saturated heterocycles. The van der Waals surface area contributed by atoms with Crippen molar-refractivity contribution in [3.8, 4) is 0 Å². The van der Waals surface area contributed by atoms with Crippen LogP contribution in [0.2, 0.25) is 0 Å². The Kier molecular flexibility index (Phi) is 3.88. The molecule has 3 aromatic rings. The average molecular weight is 364 g/mol. The molecule has 0 spiro atoms. The van der Waals surface area contributed by atoms with Gasteiger partial charge < -0.3 is 9.88 Å². The fraction of sp³-hybridized carbons (Fsp3) is 0.450. The van der Waals surface area contributed by atoms with E-state index in [0.29, 0.717) is 12.5 Å². The van der Waals surface area contributed by atoms with Crippen molar-refractivity contribution >= 4 is 22.9 Å². The van der Waals surface area contributed by atoms with Crippen molar-refractivity contribution in [1.82, 2.24) is 24.6 Å². The van der Waals surface area contributed by atoms with Crippen LogP contribution in [-0.2, 0) is 7.05 Å². The molecule has 5 rings (SSSR count). The van der Waals surface area contributed by atoms with Crippen LogP contribution in [0.1, 0.15) is 49.0 Å². The number of amides is 2. The normalized spacial score (nSPS) is 20.2. The maximum absolute atomic E-state index is 12.8. The van der Waals surface area contributed by atoms with Gasteiger partial charge in [-0.25, -0.2) is 9.78 Å². The summed E-state index contributed by atoms with van der Waals surface area (Å²) in [4.78, 5) is 22.9. The number of rotatable bonds is 3. The summed E-state index contributed by atoms with van der Waals surface area (Å²) >= 11 is 0. The Bertz CT molecular complexity index is 952. The Morgan fingerprint density at radius 1 is 1.22 bits per heavy atom. The highest BCUT2D eigenvalue weighted by molar-refractivity contribution is 5.88. The summed E-state index contributed by atoms with van der Waals surface area (Å²) in [5.74, 6) is 2.57. The number of imidazole rings is 1. The summed E-state index contributed by atoms with van der Waals surface area (Å²) in [7, 11) is 1.88. The van der Waals surface area contributed by atoms with Crippen LogP contribution >= 0.6 is 0 Å². The van der Waals surface area contributed by atoms with Gasteiger partial charge in [0.05, 0.1) is 16.7 Å². The minimum atomic E-state index is -0.0545. The number of aromatic amines is 1. The number of nitrogens with one attached hydrogen (secondary N) is 2. The predicted molar refractivity (Wildman–Crippen MR) is 104 cm³/mol. The summed E-state index contributed by atoms with van der Waals surface area (Å²) < 4.78 is 1.77. The van der Waals surface area contributed by atoms with Crippen LogP contribution in [0.25, 0.3) is 11.0 Å². The molecule has 1 aliphatic carbocycles. The summed E-state index contributed by atoms with van der Waals surface area (Å²) in [6.07, 6.45) is 4.43. The van der Waals surface area contributed by atoms with Gasteiger partial charge in [0, 0.05) is 38.0 Å². The predicted octanol–water partition coefficient (Wildman–Crippen LogP) is 3.59. The topological polar surface area (TPSA) is 78.8 Å². The molecule has 0 unspecified atom stereocenters. The minimum absolute atomic E-state index is 0.0545. The van der Waals surface area contributed by atoms with E-state index in [1.54, 1.807) is 4.68 Å². The summed E-state index contributed by atoms with van der Waals surface area (Å²) in [5, 5.41) is 7.56. The zero-order chi connectivity index (χ0) is 18.4. The van der Waals surface area contributed by atoms with Gasteiger partial charge in [-0.05, 0) is 37.8 Å². The third kappa shape index (κ3) is 3.18. The Hall–Kier alpha value is -2.83. The SMILES string of the molecule is Cn1nc(C2CC2)cc1NC(=O)N1CCC[C@H](c2nc3ccccc3[nH]2)C1. The largest absolute Gasteiger partial charge is 0.342 e. The number of anilines is 1. The van der Waals surface area contributed by atoms with Gasteiger partial charge in [-0.15, -0.1) is 0 Å². The van der Waals surface area contributed by atoms with Gasteiger partial charge in [0.2, 0.25) is 0 Å². The number of benzene rings is 1. The van der Waals surface area contributed by atoms with E-state index in [1.165, 1.54) is 12.8 Å². The monoisotopic (exact) mass is 364 g/mol. The second-order valence-corrected chi connectivity index (χ2v) is 7.71. The quantitative estimate of drug-likeness (QED) is 0.745. The second-order valence-electron chi connectivity index (χ2n) is 7.71. The number of para-hydroxylation sites is 2. The zero-order valence-corrected chi connectivity index (χ0v) is 15.5. The van der Waals surface area contributed by atoms with Crippen LogP contribution in [-0.4, -0.2) is 43.8 Å². The Morgan fingerprint density at radius 2 is 2.07 bits per heavy atom. The molecule has 2 aliphatic rings. The molecule has 1 saturated carbocycles. The van der Waals surface area contributed by atoms with E-state index < -0.39 is 0 Å². The molecule has 0 bridgehead atoms. The number of aromatic nitrogens is 4. The summed E-state index contributed by atoms with van der Waals surface area (Å²) in [6, 6.07) is 10.0. The molecule has 2 fully saturated rings. The standard InChI is InChI=1S/C20H24N6O/c1-25-18(11-17(24-25)13-8-9-13)23-20(27)26-10-4-5-14(12-26)19-21-15-6-2-3-7-16(15)22-19/h2-3,6-7,11,13-14H,4-5,8-10,12H2,1H3,(H,21,22)(H,23,27)/t14-/m0/s1. The Labute approximate surface area is 157 Å². The van der Waals surface area contributed by atoms with Crippen molar-refractivity contribution < 1.29 is 4.79 Å². The first-order valence-electron chi connectivity index (χ1n) is 9.72. The maximum Gasteiger partial charge on any atom is 0.323 e. The van der Waals surface area contributed by atoms with Gasteiger partial charge in [0.15, 0.2) is 0 Å². The van der Waals surface area contributed by atoms with Crippen LogP contribution in [0, 0.1) is 0 Å². The van der Waals surface area contributed by atoms with E-state index in [-0.39, 0.29) is 11.9 Å². The molecular weight excluding hydrogens is 340 g/mol. The lowest BCUT2D eigenvalue weighted by Gasteiger charge is -2.31. The highest BCUT2D eigenvalue weighted by Crippen LogP contribution is 2.40. The lowest BCUT2D eigenvalue weighted by molar-refractivity contribution is 0.191. The molecule has 27 heavy (non-hydrogen) atoms. The van der Waals surface area contributed by atoms with E-state index in [2.05, 4.69) is 15.4 Å². The van der Waals surface area contributed by atoms with E-state index in [0.717, 1.165) is 47.8 Å². The smallest absolute Gasteiger partial charge is 0.323 e. The molecule has 2 aromatic heterocycles. The first kappa shape index (κ1) is 16.4. The molecule has 2 amide bonds. The van der Waals surface area contributed by atoms with Crippen LogP contribution < -0.4 is 5.32 Å². The van der Waals surface area contributed by atoms with Crippen molar-refractivity contribution in [1.29, 1.82) is 0 Å². The molecule has 1 aromatic carbocycles. The number of aryl methyl sites for hydroxylation is 1. The van der Waals surface area contributed by atoms with Crippen LogP contribution in [0.5, 0.6) is 0 Å². The lowest BCUT2D eigenvalue weighted by Crippen LogP contribution is -2.42. The van der Waals surface area contributed by atoms with E-state index >= 15 is 0 Å². The van der Waals surface area contributed by atoms with Crippen LogP contribution in [0.15, 0.2) is 30.3 Å². The summed E-state index contributed by atoms with van der Waals surface area (Å²) in [6.45, 7) is 1.45. The van der Waals surface area contributed by atoms with Gasteiger partial charge in [-0.3, -0.25) is 10.00 Å². The first-order chi connectivity index (χ1) is 13.2. The van der Waals surface area contributed by atoms with Crippen molar-refractivity contribution in [2.24, 2.45) is 7.05 Å². The summed E-state index contributed by atoms with van der Waals surface area (Å²) in [5.41, 5.74) is 3.12. The number of piperidine rings is 1. The molecular formula is C20H24N6O. The van der Waals surface area contributed by atoms with Gasteiger partial charge in [0.1, 0.15) is 11.6 Å². The molecule has 0 radical (unpaired) electrons. The maximum atomic E-state index is 12.8. The van der Waals surface area contributed by atoms with Gasteiger partial charge >= 0.3 is 6.03 Å². The molecule has 7 heteroatoms. The number of hydrogen-bond donors (Lipinski definition) is 2. The fourth-order valence-corrected chi connectivity index (χ4v) is 3.92. The van der Waals surface area contributed by atoms with E-state index in [9.17, 15) is 4.79 Å². The van der Waals surface area contributed by atoms with Gasteiger partial charge in [0.25, 0.3) is 0 Å². The number of H-pyrrole nitrogens is 1. The van der Waals surface area contributed by atoms with Crippen LogP contribution in [0.3, 0.4) is 0 Å². The van der Waals surface area contributed by atoms with Gasteiger partial charge in [-0.2, -0.15) is 5.10 Å². The second kappa shape index (κ2) is 6.40. The van der Waals surface area contributed by atoms with Crippen molar-refractivity contribution in [2.75, 3.05) is 18.4 Å². The van der Waals surface area contributed by atoms with Crippen molar-refractivity contribution in [3.63, 3.8) is 0 Å². The number of urea groups is 1. The molecule has 3 heterocycles. The highest BCUT2D eigenvalue weighted by Gasteiger charge is 2.29. The number of nitrogens with zero attached hydrogens (tertiary/aromatic N) is 4. The average Bonchev–Trinajstić information content (AvgIpc) is 3.34. The first-order valence-corrected chi connectivity index (χ1v) is 9.72. The zero-order valence-electron chi connectivity index (χ0n) is 15.5. The lowest BCUT2D eigenvalue weighted by atomic mass is 9.97. The van der Waals surface area contributed by atoms with E-state index in [1.807, 2.05) is 42.3 Å². The van der Waals surface area contributed by atoms with Crippen LogP contribution in [0.4, 0.5) is 10.6 Å².